The van der Waals surface area contributed by atoms with Gasteiger partial charge in [0.05, 0.1) is 0 Å². The Hall–Kier alpha value is -1.85. The number of aliphatic carboxylic acids is 2. The fourth-order valence-electron chi connectivity index (χ4n) is 2.59. The summed E-state index contributed by atoms with van der Waals surface area (Å²) >= 11 is 0. The van der Waals surface area contributed by atoms with Gasteiger partial charge in [-0.25, -0.2) is 4.98 Å². The second kappa shape index (κ2) is 18.0. The zero-order valence-electron chi connectivity index (χ0n) is 16.2. The molecule has 1 rings (SSSR count). The van der Waals surface area contributed by atoms with Crippen molar-refractivity contribution in [2.24, 2.45) is 0 Å². The topological polar surface area (TPSA) is 103 Å². The summed E-state index contributed by atoms with van der Waals surface area (Å²) in [7, 11) is 0. The molecular weight excluding hydrogens is 332 g/mol. The van der Waals surface area contributed by atoms with Crippen LogP contribution in [0.1, 0.15) is 96.2 Å². The third-order valence-electron chi connectivity index (χ3n) is 4.10. The summed E-state index contributed by atoms with van der Waals surface area (Å²) in [4.78, 5) is 27.2. The highest BCUT2D eigenvalue weighted by Gasteiger charge is 1.99. The van der Waals surface area contributed by atoms with Crippen molar-refractivity contribution < 1.29 is 19.8 Å². The molecule has 0 aromatic carbocycles. The summed E-state index contributed by atoms with van der Waals surface area (Å²) in [5.41, 5.74) is 0. The van der Waals surface area contributed by atoms with E-state index in [2.05, 4.69) is 16.9 Å². The first kappa shape index (κ1) is 24.1. The lowest BCUT2D eigenvalue weighted by molar-refractivity contribution is -0.139. The number of aromatic amines is 1. The first-order valence-corrected chi connectivity index (χ1v) is 9.98. The summed E-state index contributed by atoms with van der Waals surface area (Å²) < 4.78 is 0. The number of aryl methyl sites for hydroxylation is 1. The summed E-state index contributed by atoms with van der Waals surface area (Å²) in [5, 5.41) is 16.3. The average Bonchev–Trinajstić information content (AvgIpc) is 3.11. The van der Waals surface area contributed by atoms with Crippen molar-refractivity contribution in [2.45, 2.75) is 96.8 Å². The molecule has 0 fully saturated rings. The van der Waals surface area contributed by atoms with Crippen molar-refractivity contribution >= 4 is 11.9 Å². The monoisotopic (exact) mass is 368 g/mol. The lowest BCUT2D eigenvalue weighted by Gasteiger charge is -2.01. The average molecular weight is 369 g/mol. The lowest BCUT2D eigenvalue weighted by atomic mass is 10.1. The van der Waals surface area contributed by atoms with Crippen molar-refractivity contribution in [2.75, 3.05) is 0 Å². The van der Waals surface area contributed by atoms with Gasteiger partial charge in [0.1, 0.15) is 5.82 Å². The Balaban J connectivity index is 0.000000541. The molecule has 1 aromatic heterocycles. The highest BCUT2D eigenvalue weighted by molar-refractivity contribution is 5.67. The van der Waals surface area contributed by atoms with Gasteiger partial charge in [-0.15, -0.1) is 0 Å². The first-order valence-electron chi connectivity index (χ1n) is 9.98. The van der Waals surface area contributed by atoms with Crippen LogP contribution in [-0.2, 0) is 16.0 Å². The maximum atomic E-state index is 9.90. The van der Waals surface area contributed by atoms with Crippen LogP contribution in [0, 0.1) is 0 Å². The zero-order valence-corrected chi connectivity index (χ0v) is 16.2. The predicted molar refractivity (Wildman–Crippen MR) is 103 cm³/mol. The molecular formula is C20H36N2O4. The molecule has 0 spiro atoms. The minimum atomic E-state index is -0.870. The number of H-pyrrole nitrogens is 1. The molecule has 0 aliphatic heterocycles. The normalized spacial score (nSPS) is 10.2. The number of rotatable bonds is 15. The molecule has 0 saturated heterocycles. The molecule has 1 heterocycles. The van der Waals surface area contributed by atoms with Crippen LogP contribution in [-0.4, -0.2) is 32.1 Å². The van der Waals surface area contributed by atoms with Gasteiger partial charge >= 0.3 is 11.9 Å². The van der Waals surface area contributed by atoms with Crippen LogP contribution < -0.4 is 0 Å². The van der Waals surface area contributed by atoms with E-state index in [9.17, 15) is 9.59 Å². The van der Waals surface area contributed by atoms with Gasteiger partial charge in [-0.3, -0.25) is 9.59 Å². The molecule has 0 radical (unpaired) electrons. The van der Waals surface area contributed by atoms with E-state index in [0.717, 1.165) is 12.2 Å². The van der Waals surface area contributed by atoms with E-state index in [0.29, 0.717) is 12.8 Å². The van der Waals surface area contributed by atoms with Gasteiger partial charge in [0, 0.05) is 31.7 Å². The van der Waals surface area contributed by atoms with E-state index in [1.807, 2.05) is 12.4 Å². The standard InChI is InChI=1S/C14H26N2.C6H10O4/c1-2-3-4-5-6-7-8-9-10-11-14-15-12-13-16-14;7-5(8)3-1-2-4-6(9)10/h12-13H,2-11H2,1H3,(H,15,16);1-4H2,(H,7,8)(H,9,10). The number of imidazole rings is 1. The van der Waals surface area contributed by atoms with E-state index in [-0.39, 0.29) is 12.8 Å². The van der Waals surface area contributed by atoms with Gasteiger partial charge in [-0.05, 0) is 19.3 Å². The van der Waals surface area contributed by atoms with Gasteiger partial charge in [0.2, 0.25) is 0 Å². The molecule has 6 heteroatoms. The second-order valence-corrected chi connectivity index (χ2v) is 6.61. The van der Waals surface area contributed by atoms with Crippen LogP contribution in [0.15, 0.2) is 12.4 Å². The van der Waals surface area contributed by atoms with Gasteiger partial charge in [0.15, 0.2) is 0 Å². The summed E-state index contributed by atoms with van der Waals surface area (Å²) in [5.74, 6) is -0.598. The van der Waals surface area contributed by atoms with Gasteiger partial charge in [-0.2, -0.15) is 0 Å². The number of carboxylic acids is 2. The SMILES string of the molecule is CCCCCCCCCCCc1ncc[nH]1.O=C(O)CCCCC(=O)O. The Kier molecular flexibility index (Phi) is 16.7. The van der Waals surface area contributed by atoms with Crippen LogP contribution >= 0.6 is 0 Å². The molecule has 1 aromatic rings. The van der Waals surface area contributed by atoms with Crippen molar-refractivity contribution in [3.63, 3.8) is 0 Å². The number of hydrogen-bond donors (Lipinski definition) is 3. The number of unbranched alkanes of at least 4 members (excludes halogenated alkanes) is 9. The second-order valence-electron chi connectivity index (χ2n) is 6.61. The van der Waals surface area contributed by atoms with Crippen LogP contribution in [0.3, 0.4) is 0 Å². The molecule has 150 valence electrons. The van der Waals surface area contributed by atoms with E-state index in [4.69, 9.17) is 10.2 Å². The zero-order chi connectivity index (χ0) is 19.5. The molecule has 3 N–H and O–H groups in total. The molecule has 0 saturated carbocycles. The van der Waals surface area contributed by atoms with Gasteiger partial charge < -0.3 is 15.2 Å². The molecule has 0 amide bonds. The molecule has 0 aliphatic rings. The predicted octanol–water partition coefficient (Wildman–Crippen LogP) is 5.20. The molecule has 0 atom stereocenters. The largest absolute Gasteiger partial charge is 0.481 e. The molecule has 0 unspecified atom stereocenters. The molecule has 6 nitrogen and oxygen atoms in total. The van der Waals surface area contributed by atoms with Crippen LogP contribution in [0.5, 0.6) is 0 Å². The summed E-state index contributed by atoms with van der Waals surface area (Å²) in [6.45, 7) is 2.27. The maximum absolute atomic E-state index is 9.90. The Bertz CT molecular complexity index is 431. The van der Waals surface area contributed by atoms with Gasteiger partial charge in [0.25, 0.3) is 0 Å². The Morgan fingerprint density at radius 1 is 0.846 bits per heavy atom. The van der Waals surface area contributed by atoms with Crippen LogP contribution in [0.2, 0.25) is 0 Å². The Labute approximate surface area is 157 Å². The quantitative estimate of drug-likeness (QED) is 0.369. The van der Waals surface area contributed by atoms with Crippen molar-refractivity contribution in [1.29, 1.82) is 0 Å². The summed E-state index contributed by atoms with van der Waals surface area (Å²) in [6, 6.07) is 0. The number of carboxylic acid groups (broad SMARTS) is 2. The van der Waals surface area contributed by atoms with Crippen molar-refractivity contribution in [3.05, 3.63) is 18.2 Å². The number of nitrogens with zero attached hydrogens (tertiary/aromatic N) is 1. The van der Waals surface area contributed by atoms with Crippen LogP contribution in [0.4, 0.5) is 0 Å². The highest BCUT2D eigenvalue weighted by atomic mass is 16.4. The number of carbonyl (C=O) groups is 2. The summed E-state index contributed by atoms with van der Waals surface area (Å²) in [6.07, 6.45) is 18.4. The van der Waals surface area contributed by atoms with Crippen molar-refractivity contribution in [3.8, 4) is 0 Å². The van der Waals surface area contributed by atoms with Crippen LogP contribution in [0.25, 0.3) is 0 Å². The highest BCUT2D eigenvalue weighted by Crippen LogP contribution is 2.10. The number of hydrogen-bond acceptors (Lipinski definition) is 3. The van der Waals surface area contributed by atoms with E-state index < -0.39 is 11.9 Å². The van der Waals surface area contributed by atoms with E-state index in [1.165, 1.54) is 57.8 Å². The minimum Gasteiger partial charge on any atom is -0.481 e. The third kappa shape index (κ3) is 18.5. The van der Waals surface area contributed by atoms with E-state index >= 15 is 0 Å². The van der Waals surface area contributed by atoms with E-state index in [1.54, 1.807) is 0 Å². The number of nitrogens with one attached hydrogen (secondary N) is 1. The Morgan fingerprint density at radius 3 is 1.77 bits per heavy atom. The minimum absolute atomic E-state index is 0.0628. The fraction of sp³-hybridized carbons (Fsp3) is 0.750. The third-order valence-corrected chi connectivity index (χ3v) is 4.10. The first-order chi connectivity index (χ1) is 12.6. The fourth-order valence-corrected chi connectivity index (χ4v) is 2.59. The lowest BCUT2D eigenvalue weighted by Crippen LogP contribution is -1.97. The Morgan fingerprint density at radius 2 is 1.35 bits per heavy atom. The molecule has 26 heavy (non-hydrogen) atoms. The van der Waals surface area contributed by atoms with Gasteiger partial charge in [-0.1, -0.05) is 58.3 Å². The number of aromatic nitrogens is 2. The van der Waals surface area contributed by atoms with Crippen molar-refractivity contribution in [1.82, 2.24) is 9.97 Å². The smallest absolute Gasteiger partial charge is 0.303 e. The maximum Gasteiger partial charge on any atom is 0.303 e. The molecule has 0 aliphatic carbocycles. The molecule has 0 bridgehead atoms.